The predicted octanol–water partition coefficient (Wildman–Crippen LogP) is 2.66. The van der Waals surface area contributed by atoms with Crippen LogP contribution in [-0.2, 0) is 0 Å². The first kappa shape index (κ1) is 16.7. The number of likely N-dealkylation sites (tertiary alicyclic amines) is 1. The van der Waals surface area contributed by atoms with Gasteiger partial charge in [0.15, 0.2) is 0 Å². The van der Waals surface area contributed by atoms with Crippen LogP contribution in [0.25, 0.3) is 0 Å². The molecule has 6 heteroatoms. The highest BCUT2D eigenvalue weighted by Gasteiger charge is 2.36. The number of halogens is 3. The van der Waals surface area contributed by atoms with Gasteiger partial charge in [0.05, 0.1) is 5.56 Å². The minimum Gasteiger partial charge on any atom is -0.338 e. The Morgan fingerprint density at radius 2 is 2.26 bits per heavy atom. The topological polar surface area (TPSA) is 46.3 Å². The van der Waals surface area contributed by atoms with E-state index in [1.54, 1.807) is 17.0 Å². The Morgan fingerprint density at radius 3 is 2.79 bits per heavy atom. The van der Waals surface area contributed by atoms with Gasteiger partial charge in [0.25, 0.3) is 5.91 Å². The standard InChI is InChI=1S/C13H16FIN2O.ClH/c1-13(7-16)5-6-17(8-13)12(18)11-9(14)3-2-4-10(11)15;/h2-4H,5-8,16H2,1H3;1H. The monoisotopic (exact) mass is 398 g/mol. The molecule has 1 aromatic carbocycles. The van der Waals surface area contributed by atoms with Crippen LogP contribution >= 0.6 is 35.0 Å². The highest BCUT2D eigenvalue weighted by Crippen LogP contribution is 2.30. The predicted molar refractivity (Wildman–Crippen MR) is 84.0 cm³/mol. The van der Waals surface area contributed by atoms with E-state index in [2.05, 4.69) is 6.92 Å². The van der Waals surface area contributed by atoms with E-state index in [-0.39, 0.29) is 29.3 Å². The molecular formula is C13H17ClFIN2O. The largest absolute Gasteiger partial charge is 0.338 e. The van der Waals surface area contributed by atoms with Gasteiger partial charge in [-0.2, -0.15) is 0 Å². The molecule has 0 saturated carbocycles. The zero-order valence-corrected chi connectivity index (χ0v) is 13.6. The first-order valence-corrected chi connectivity index (χ1v) is 6.98. The Bertz CT molecular complexity index is 465. The molecule has 0 radical (unpaired) electrons. The van der Waals surface area contributed by atoms with Crippen LogP contribution in [0.4, 0.5) is 4.39 Å². The summed E-state index contributed by atoms with van der Waals surface area (Å²) in [5.74, 6) is -0.678. The van der Waals surface area contributed by atoms with Gasteiger partial charge in [0, 0.05) is 16.7 Å². The van der Waals surface area contributed by atoms with Crippen LogP contribution in [0.15, 0.2) is 18.2 Å². The molecule has 2 rings (SSSR count). The van der Waals surface area contributed by atoms with E-state index in [0.29, 0.717) is 23.2 Å². The summed E-state index contributed by atoms with van der Waals surface area (Å²) in [6.45, 7) is 3.86. The second-order valence-corrected chi connectivity index (χ2v) is 6.25. The first-order chi connectivity index (χ1) is 8.47. The lowest BCUT2D eigenvalue weighted by atomic mass is 9.90. The second-order valence-electron chi connectivity index (χ2n) is 5.09. The number of amides is 1. The molecule has 1 aliphatic rings. The lowest BCUT2D eigenvalue weighted by molar-refractivity contribution is 0.0771. The third kappa shape index (κ3) is 3.38. The zero-order valence-electron chi connectivity index (χ0n) is 10.7. The maximum absolute atomic E-state index is 13.8. The van der Waals surface area contributed by atoms with E-state index in [9.17, 15) is 9.18 Å². The normalized spacial score (nSPS) is 22.2. The van der Waals surface area contributed by atoms with Gasteiger partial charge >= 0.3 is 0 Å². The fraction of sp³-hybridized carbons (Fsp3) is 0.462. The van der Waals surface area contributed by atoms with E-state index in [1.807, 2.05) is 22.6 Å². The number of hydrogen-bond donors (Lipinski definition) is 1. The lowest BCUT2D eigenvalue weighted by Crippen LogP contribution is -2.35. The first-order valence-electron chi connectivity index (χ1n) is 5.90. The second kappa shape index (κ2) is 6.37. The fourth-order valence-corrected chi connectivity index (χ4v) is 2.92. The molecule has 1 unspecified atom stereocenters. The van der Waals surface area contributed by atoms with Crippen LogP contribution in [0.5, 0.6) is 0 Å². The van der Waals surface area contributed by atoms with Crippen LogP contribution in [0.3, 0.4) is 0 Å². The number of nitrogens with zero attached hydrogens (tertiary/aromatic N) is 1. The summed E-state index contributed by atoms with van der Waals surface area (Å²) in [7, 11) is 0. The Hall–Kier alpha value is -0.400. The SMILES string of the molecule is CC1(CN)CCN(C(=O)c2c(F)cccc2I)C1.Cl. The van der Waals surface area contributed by atoms with Crippen molar-refractivity contribution in [2.75, 3.05) is 19.6 Å². The summed E-state index contributed by atoms with van der Waals surface area (Å²) >= 11 is 1.99. The van der Waals surface area contributed by atoms with Gasteiger partial charge in [0.1, 0.15) is 5.82 Å². The number of carbonyl (C=O) groups is 1. The van der Waals surface area contributed by atoms with Crippen molar-refractivity contribution >= 4 is 40.9 Å². The molecule has 1 aliphatic heterocycles. The summed E-state index contributed by atoms with van der Waals surface area (Å²) < 4.78 is 14.4. The van der Waals surface area contributed by atoms with Gasteiger partial charge in [0.2, 0.25) is 0 Å². The minimum atomic E-state index is -0.451. The van der Waals surface area contributed by atoms with Crippen LogP contribution in [0, 0.1) is 14.8 Å². The Morgan fingerprint density at radius 1 is 1.58 bits per heavy atom. The molecule has 0 aliphatic carbocycles. The highest BCUT2D eigenvalue weighted by atomic mass is 127. The molecule has 0 bridgehead atoms. The maximum atomic E-state index is 13.8. The third-order valence-electron chi connectivity index (χ3n) is 3.51. The molecule has 106 valence electrons. The van der Waals surface area contributed by atoms with Gasteiger partial charge in [-0.1, -0.05) is 13.0 Å². The number of benzene rings is 1. The highest BCUT2D eigenvalue weighted by molar-refractivity contribution is 14.1. The van der Waals surface area contributed by atoms with Crippen molar-refractivity contribution in [3.8, 4) is 0 Å². The van der Waals surface area contributed by atoms with Crippen molar-refractivity contribution in [3.63, 3.8) is 0 Å². The van der Waals surface area contributed by atoms with E-state index < -0.39 is 5.82 Å². The number of hydrogen-bond acceptors (Lipinski definition) is 2. The van der Waals surface area contributed by atoms with Gasteiger partial charge in [-0.15, -0.1) is 12.4 Å². The molecule has 1 fully saturated rings. The summed E-state index contributed by atoms with van der Waals surface area (Å²) in [5.41, 5.74) is 5.86. The number of nitrogens with two attached hydrogens (primary N) is 1. The van der Waals surface area contributed by atoms with Crippen LogP contribution in [0.1, 0.15) is 23.7 Å². The van der Waals surface area contributed by atoms with Crippen molar-refractivity contribution in [1.29, 1.82) is 0 Å². The lowest BCUT2D eigenvalue weighted by Gasteiger charge is -2.23. The maximum Gasteiger partial charge on any atom is 0.257 e. The van der Waals surface area contributed by atoms with E-state index in [4.69, 9.17) is 5.73 Å². The molecule has 3 nitrogen and oxygen atoms in total. The molecule has 1 saturated heterocycles. The van der Waals surface area contributed by atoms with E-state index >= 15 is 0 Å². The molecule has 1 amide bonds. The van der Waals surface area contributed by atoms with Crippen molar-refractivity contribution in [2.45, 2.75) is 13.3 Å². The van der Waals surface area contributed by atoms with Crippen molar-refractivity contribution in [1.82, 2.24) is 4.90 Å². The van der Waals surface area contributed by atoms with E-state index in [1.165, 1.54) is 6.07 Å². The summed E-state index contributed by atoms with van der Waals surface area (Å²) in [5, 5.41) is 0. The molecule has 19 heavy (non-hydrogen) atoms. The van der Waals surface area contributed by atoms with Gasteiger partial charge < -0.3 is 10.6 Å². The summed E-state index contributed by atoms with van der Waals surface area (Å²) in [6, 6.07) is 4.69. The van der Waals surface area contributed by atoms with E-state index in [0.717, 1.165) is 6.42 Å². The van der Waals surface area contributed by atoms with Gasteiger partial charge in [-0.3, -0.25) is 4.79 Å². The molecule has 2 N–H and O–H groups in total. The summed E-state index contributed by atoms with van der Waals surface area (Å²) in [6.07, 6.45) is 0.875. The van der Waals surface area contributed by atoms with Crippen molar-refractivity contribution in [3.05, 3.63) is 33.1 Å². The molecule has 1 heterocycles. The van der Waals surface area contributed by atoms with Gasteiger partial charge in [-0.25, -0.2) is 4.39 Å². The summed E-state index contributed by atoms with van der Waals surface area (Å²) in [4.78, 5) is 14.0. The zero-order chi connectivity index (χ0) is 13.3. The van der Waals surface area contributed by atoms with Gasteiger partial charge in [-0.05, 0) is 53.1 Å². The Labute approximate surface area is 132 Å². The molecule has 1 atom stereocenters. The molecule has 1 aromatic rings. The number of carbonyl (C=O) groups excluding carboxylic acids is 1. The smallest absolute Gasteiger partial charge is 0.257 e. The molecule has 0 aromatic heterocycles. The average Bonchev–Trinajstić information content (AvgIpc) is 2.72. The Balaban J connectivity index is 0.00000180. The molecular weight excluding hydrogens is 382 g/mol. The fourth-order valence-electron chi connectivity index (χ4n) is 2.22. The van der Waals surface area contributed by atoms with Crippen LogP contribution < -0.4 is 5.73 Å². The van der Waals surface area contributed by atoms with Crippen LogP contribution in [-0.4, -0.2) is 30.4 Å². The van der Waals surface area contributed by atoms with Crippen molar-refractivity contribution in [2.24, 2.45) is 11.1 Å². The van der Waals surface area contributed by atoms with Crippen LogP contribution in [0.2, 0.25) is 0 Å². The molecule has 0 spiro atoms. The average molecular weight is 399 g/mol. The Kier molecular flexibility index (Phi) is 5.58. The number of rotatable bonds is 2. The minimum absolute atomic E-state index is 0. The third-order valence-corrected chi connectivity index (χ3v) is 4.41. The van der Waals surface area contributed by atoms with Crippen molar-refractivity contribution < 1.29 is 9.18 Å². The quantitative estimate of drug-likeness (QED) is 0.779.